The lowest BCUT2D eigenvalue weighted by atomic mass is 9.59. The average molecular weight is 376 g/mol. The lowest BCUT2D eigenvalue weighted by Crippen LogP contribution is -2.54. The molecule has 0 aromatic carbocycles. The molecule has 4 saturated carbocycles. The maximum absolute atomic E-state index is 13.1. The monoisotopic (exact) mass is 376 g/mol. The molecule has 1 heterocycles. The van der Waals surface area contributed by atoms with E-state index in [4.69, 9.17) is 14.2 Å². The Kier molecular flexibility index (Phi) is 3.50. The second kappa shape index (κ2) is 5.35. The maximum Gasteiger partial charge on any atom is 0.315 e. The molecule has 0 aromatic heterocycles. The third-order valence-electron chi connectivity index (χ3n) is 8.81. The predicted molar refractivity (Wildman–Crippen MR) is 94.5 cm³/mol. The van der Waals surface area contributed by atoms with Crippen LogP contribution in [0.1, 0.15) is 45.4 Å². The van der Waals surface area contributed by atoms with Crippen LogP contribution in [0.25, 0.3) is 0 Å². The molecule has 4 bridgehead atoms. The molecule has 6 heteroatoms. The number of carbonyl (C=O) groups excluding carboxylic acids is 1. The summed E-state index contributed by atoms with van der Waals surface area (Å²) in [5.74, 6) is -1.48. The van der Waals surface area contributed by atoms with Crippen LogP contribution in [0.5, 0.6) is 0 Å². The molecular weight excluding hydrogens is 348 g/mol. The van der Waals surface area contributed by atoms with Crippen molar-refractivity contribution >= 4 is 11.9 Å². The Morgan fingerprint density at radius 1 is 1.37 bits per heavy atom. The van der Waals surface area contributed by atoms with Crippen molar-refractivity contribution in [2.75, 3.05) is 13.9 Å². The maximum atomic E-state index is 13.1. The van der Waals surface area contributed by atoms with Gasteiger partial charge in [-0.1, -0.05) is 12.2 Å². The van der Waals surface area contributed by atoms with Crippen molar-refractivity contribution in [3.63, 3.8) is 0 Å². The van der Waals surface area contributed by atoms with Gasteiger partial charge in [-0.05, 0) is 56.8 Å². The van der Waals surface area contributed by atoms with Crippen molar-refractivity contribution in [3.8, 4) is 0 Å². The van der Waals surface area contributed by atoms with Gasteiger partial charge < -0.3 is 19.3 Å². The highest BCUT2D eigenvalue weighted by molar-refractivity contribution is 5.85. The zero-order valence-corrected chi connectivity index (χ0v) is 16.0. The van der Waals surface area contributed by atoms with E-state index < -0.39 is 22.9 Å². The number of carboxylic acids is 1. The summed E-state index contributed by atoms with van der Waals surface area (Å²) in [5.41, 5.74) is -0.726. The van der Waals surface area contributed by atoms with Crippen molar-refractivity contribution in [1.82, 2.24) is 0 Å². The molecule has 0 unspecified atom stereocenters. The van der Waals surface area contributed by atoms with Gasteiger partial charge >= 0.3 is 11.9 Å². The van der Waals surface area contributed by atoms with Gasteiger partial charge in [0.2, 0.25) is 0 Å². The summed E-state index contributed by atoms with van der Waals surface area (Å²) < 4.78 is 17.1. The summed E-state index contributed by atoms with van der Waals surface area (Å²) in [6, 6.07) is 0. The lowest BCUT2D eigenvalue weighted by Gasteiger charge is -2.45. The molecule has 1 N–H and O–H groups in total. The van der Waals surface area contributed by atoms with E-state index in [9.17, 15) is 14.7 Å². The van der Waals surface area contributed by atoms with Gasteiger partial charge in [0.25, 0.3) is 0 Å². The molecule has 5 aliphatic rings. The molecular formula is C21H28O6. The van der Waals surface area contributed by atoms with Crippen molar-refractivity contribution in [2.24, 2.45) is 34.5 Å². The summed E-state index contributed by atoms with van der Waals surface area (Å²) in [7, 11) is 1.55. The minimum Gasteiger partial charge on any atom is -0.481 e. The molecule has 0 amide bonds. The number of hydrogen-bond donors (Lipinski definition) is 1. The highest BCUT2D eigenvalue weighted by Crippen LogP contribution is 2.78. The number of hydrogen-bond acceptors (Lipinski definition) is 5. The Hall–Kier alpha value is -1.40. The molecule has 1 aliphatic heterocycles. The van der Waals surface area contributed by atoms with Gasteiger partial charge in [0.1, 0.15) is 12.4 Å². The fraction of sp³-hybridized carbons (Fsp3) is 0.810. The summed E-state index contributed by atoms with van der Waals surface area (Å²) >= 11 is 0. The Bertz CT molecular complexity index is 732. The van der Waals surface area contributed by atoms with Crippen LogP contribution in [0.2, 0.25) is 0 Å². The number of esters is 1. The quantitative estimate of drug-likeness (QED) is 0.462. The van der Waals surface area contributed by atoms with Crippen LogP contribution in [0, 0.1) is 34.5 Å². The first kappa shape index (κ1) is 17.7. The van der Waals surface area contributed by atoms with Gasteiger partial charge in [0.05, 0.1) is 17.4 Å². The Morgan fingerprint density at radius 3 is 2.85 bits per heavy atom. The van der Waals surface area contributed by atoms with Crippen LogP contribution in [0.15, 0.2) is 12.2 Å². The van der Waals surface area contributed by atoms with Gasteiger partial charge in [-0.3, -0.25) is 9.59 Å². The highest BCUT2D eigenvalue weighted by Gasteiger charge is 2.83. The standard InChI is InChI=1S/C21H28O6/c1-11-8-20-9-12(11)4-5-13(20)21-7-6-14(26-10-25-3)19(2,18(24)27-21)16(21)15(20)17(22)23/h12-16H,1,4-10H2,2-3H3,(H,22,23)/t12-,13-,14+,15-,16-,19-,20+,21-/m1/s1. The second-order valence-corrected chi connectivity index (χ2v) is 9.62. The average Bonchev–Trinajstić information content (AvgIpc) is 3.07. The number of carboxylic acid groups (broad SMARTS) is 1. The van der Waals surface area contributed by atoms with Gasteiger partial charge in [0, 0.05) is 18.9 Å². The zero-order valence-electron chi connectivity index (χ0n) is 16.0. The predicted octanol–water partition coefficient (Wildman–Crippen LogP) is 2.76. The topological polar surface area (TPSA) is 82.1 Å². The van der Waals surface area contributed by atoms with E-state index in [0.29, 0.717) is 18.8 Å². The minimum atomic E-state index is -0.939. The number of methoxy groups -OCH3 is 1. The van der Waals surface area contributed by atoms with Crippen LogP contribution < -0.4 is 0 Å². The van der Waals surface area contributed by atoms with Crippen LogP contribution in [-0.2, 0) is 23.8 Å². The SMILES string of the molecule is C=C1C[C@]23C[C@H]1CC[C@H]2[C@@]12CC[C@H](OCOC)[C@@](C)(C(=O)O1)[C@H]2[C@@H]3C(=O)O. The molecule has 8 atom stereocenters. The van der Waals surface area contributed by atoms with E-state index in [1.54, 1.807) is 7.11 Å². The van der Waals surface area contributed by atoms with Crippen molar-refractivity contribution in [1.29, 1.82) is 0 Å². The van der Waals surface area contributed by atoms with E-state index in [0.717, 1.165) is 25.7 Å². The van der Waals surface area contributed by atoms with E-state index >= 15 is 0 Å². The first-order valence-corrected chi connectivity index (χ1v) is 10.1. The molecule has 1 saturated heterocycles. The van der Waals surface area contributed by atoms with E-state index in [1.807, 2.05) is 6.92 Å². The first-order chi connectivity index (χ1) is 12.8. The molecule has 0 aromatic rings. The number of carbonyl (C=O) groups is 2. The van der Waals surface area contributed by atoms with Crippen molar-refractivity contribution in [3.05, 3.63) is 12.2 Å². The number of ether oxygens (including phenoxy) is 3. The molecule has 27 heavy (non-hydrogen) atoms. The van der Waals surface area contributed by atoms with Crippen LogP contribution in [0.3, 0.4) is 0 Å². The molecule has 5 fully saturated rings. The smallest absolute Gasteiger partial charge is 0.315 e. The number of rotatable bonds is 4. The van der Waals surface area contributed by atoms with Gasteiger partial charge in [-0.2, -0.15) is 0 Å². The van der Waals surface area contributed by atoms with Crippen LogP contribution in [-0.4, -0.2) is 42.7 Å². The Balaban J connectivity index is 1.66. The van der Waals surface area contributed by atoms with E-state index in [1.165, 1.54) is 5.57 Å². The molecule has 6 nitrogen and oxygen atoms in total. The minimum absolute atomic E-state index is 0.0957. The summed E-state index contributed by atoms with van der Waals surface area (Å²) in [5, 5.41) is 10.4. The summed E-state index contributed by atoms with van der Waals surface area (Å²) in [6.07, 6.45) is 4.61. The summed E-state index contributed by atoms with van der Waals surface area (Å²) in [6.45, 7) is 6.23. The number of allylic oxidation sites excluding steroid dienone is 1. The molecule has 5 rings (SSSR count). The first-order valence-electron chi connectivity index (χ1n) is 10.1. The van der Waals surface area contributed by atoms with Crippen molar-refractivity contribution < 1.29 is 28.9 Å². The zero-order chi connectivity index (χ0) is 19.2. The highest BCUT2D eigenvalue weighted by atomic mass is 16.7. The second-order valence-electron chi connectivity index (χ2n) is 9.62. The van der Waals surface area contributed by atoms with Gasteiger partial charge in [-0.25, -0.2) is 0 Å². The fourth-order valence-electron chi connectivity index (χ4n) is 8.05. The molecule has 1 spiro atoms. The molecule has 0 radical (unpaired) electrons. The van der Waals surface area contributed by atoms with Crippen LogP contribution >= 0.6 is 0 Å². The third-order valence-corrected chi connectivity index (χ3v) is 8.81. The molecule has 4 aliphatic carbocycles. The van der Waals surface area contributed by atoms with E-state index in [2.05, 4.69) is 6.58 Å². The number of fused-ring (bicyclic) bond motifs is 1. The third kappa shape index (κ3) is 1.84. The number of aliphatic carboxylic acids is 1. The molecule has 148 valence electrons. The fourth-order valence-corrected chi connectivity index (χ4v) is 8.05. The largest absolute Gasteiger partial charge is 0.481 e. The van der Waals surface area contributed by atoms with Crippen molar-refractivity contribution in [2.45, 2.75) is 57.2 Å². The van der Waals surface area contributed by atoms with Gasteiger partial charge in [0.15, 0.2) is 0 Å². The van der Waals surface area contributed by atoms with Crippen LogP contribution in [0.4, 0.5) is 0 Å². The Morgan fingerprint density at radius 2 is 2.15 bits per heavy atom. The Labute approximate surface area is 159 Å². The lowest BCUT2D eigenvalue weighted by molar-refractivity contribution is -0.170. The normalized spacial score (nSPS) is 52.4. The van der Waals surface area contributed by atoms with Gasteiger partial charge in [-0.15, -0.1) is 0 Å². The summed E-state index contributed by atoms with van der Waals surface area (Å²) in [4.78, 5) is 25.7. The van der Waals surface area contributed by atoms with E-state index in [-0.39, 0.29) is 36.1 Å².